The predicted octanol–water partition coefficient (Wildman–Crippen LogP) is 15.4. The van der Waals surface area contributed by atoms with E-state index in [4.69, 9.17) is 1.37 Å². The van der Waals surface area contributed by atoms with Crippen molar-refractivity contribution in [2.75, 3.05) is 4.90 Å². The molecule has 11 aromatic rings. The molecule has 0 aliphatic heterocycles. The molecule has 1 spiro atoms. The van der Waals surface area contributed by atoms with Gasteiger partial charge in [0, 0.05) is 33.3 Å². The second-order valence-corrected chi connectivity index (χ2v) is 15.9. The van der Waals surface area contributed by atoms with Crippen LogP contribution in [0.1, 0.15) is 30.5 Å². The van der Waals surface area contributed by atoms with E-state index in [0.29, 0.717) is 22.1 Å². The monoisotopic (exact) mass is 780 g/mol. The van der Waals surface area contributed by atoms with Crippen LogP contribution in [0.3, 0.4) is 0 Å². The Hall–Kier alpha value is -7.94. The summed E-state index contributed by atoms with van der Waals surface area (Å²) < 4.78 is 58.3. The quantitative estimate of drug-likeness (QED) is 0.169. The Kier molecular flexibility index (Phi) is 6.08. The molecule has 0 saturated heterocycles. The van der Waals surface area contributed by atoms with E-state index in [1.165, 1.54) is 0 Å². The third-order valence-electron chi connectivity index (χ3n) is 12.9. The summed E-state index contributed by atoms with van der Waals surface area (Å²) in [5.74, 6) is 0. The van der Waals surface area contributed by atoms with Crippen LogP contribution in [0.25, 0.3) is 71.6 Å². The van der Waals surface area contributed by atoms with Gasteiger partial charge in [-0.2, -0.15) is 0 Å². The maximum Gasteiger partial charge on any atom is 0.0726 e. The molecule has 1 atom stereocenters. The lowest BCUT2D eigenvalue weighted by molar-refractivity contribution is 0.773. The lowest BCUT2D eigenvalue weighted by Crippen LogP contribution is -2.31. The van der Waals surface area contributed by atoms with Crippen molar-refractivity contribution >= 4 is 49.6 Å². The minimum absolute atomic E-state index is 0.121. The van der Waals surface area contributed by atoms with Gasteiger partial charge in [-0.15, -0.1) is 0 Å². The average Bonchev–Trinajstić information content (AvgIpc) is 3.86. The first kappa shape index (κ1) is 28.5. The maximum absolute atomic E-state index is 9.91. The Labute approximate surface area is 363 Å². The second-order valence-electron chi connectivity index (χ2n) is 15.9. The molecule has 1 heterocycles. The first-order chi connectivity index (χ1) is 32.8. The van der Waals surface area contributed by atoms with Crippen LogP contribution in [-0.2, 0) is 5.41 Å². The van der Waals surface area contributed by atoms with Crippen LogP contribution in [0, 0.1) is 0 Å². The van der Waals surface area contributed by atoms with Gasteiger partial charge in [-0.25, -0.2) is 0 Å². The van der Waals surface area contributed by atoms with Gasteiger partial charge in [0.2, 0.25) is 0 Å². The van der Waals surface area contributed by atoms with Gasteiger partial charge in [0.25, 0.3) is 0 Å². The standard InChI is InChI=1S/C59H38N2/c1-3-18-39(19-4-1)43-24-9-13-33-53(43)61(42-36-37-46-45-26-10-14-34-54(45)60(56(46)38-42)41-22-5-2-6-23-41)55-35-17-32-52-58(55)48-27-8-12-30-50(48)59(52)49-29-11-7-25-44(49)47-28-15-20-40-21-16-31-51(59)57(40)47/h1-38H/i15D,16D,20D,21D,28D,31D. The molecule has 2 heteroatoms. The summed E-state index contributed by atoms with van der Waals surface area (Å²) in [6.07, 6.45) is 0. The average molecular weight is 781 g/mol. The van der Waals surface area contributed by atoms with E-state index in [2.05, 4.69) is 161 Å². The number of fused-ring (bicyclic) bond motifs is 12. The molecule has 1 aromatic heterocycles. The zero-order valence-corrected chi connectivity index (χ0v) is 32.9. The third kappa shape index (κ3) is 4.67. The summed E-state index contributed by atoms with van der Waals surface area (Å²) in [5, 5.41) is 2.85. The van der Waals surface area contributed by atoms with Crippen molar-refractivity contribution in [2.45, 2.75) is 5.41 Å². The zero-order valence-electron chi connectivity index (χ0n) is 38.9. The van der Waals surface area contributed by atoms with Crippen molar-refractivity contribution in [3.05, 3.63) is 253 Å². The van der Waals surface area contributed by atoms with Crippen LogP contribution < -0.4 is 4.90 Å². The summed E-state index contributed by atoms with van der Waals surface area (Å²) in [6.45, 7) is 0. The fourth-order valence-corrected chi connectivity index (χ4v) is 10.6. The number of hydrogen-bond donors (Lipinski definition) is 0. The summed E-state index contributed by atoms with van der Waals surface area (Å²) in [7, 11) is 0. The lowest BCUT2D eigenvalue weighted by Gasteiger charge is -2.40. The van der Waals surface area contributed by atoms with Crippen molar-refractivity contribution < 1.29 is 8.22 Å². The molecule has 0 fully saturated rings. The highest BCUT2D eigenvalue weighted by molar-refractivity contribution is 6.12. The van der Waals surface area contributed by atoms with Gasteiger partial charge in [-0.3, -0.25) is 0 Å². The van der Waals surface area contributed by atoms with Crippen LogP contribution >= 0.6 is 0 Å². The normalized spacial score (nSPS) is 16.0. The molecule has 284 valence electrons. The molecule has 13 rings (SSSR count). The number of anilines is 3. The molecular formula is C59H38N2. The number of rotatable bonds is 5. The summed E-state index contributed by atoms with van der Waals surface area (Å²) in [6, 6.07) is 65.9. The minimum Gasteiger partial charge on any atom is -0.309 e. The summed E-state index contributed by atoms with van der Waals surface area (Å²) >= 11 is 0. The first-order valence-corrected chi connectivity index (χ1v) is 20.7. The highest BCUT2D eigenvalue weighted by Gasteiger charge is 2.51. The highest BCUT2D eigenvalue weighted by Crippen LogP contribution is 2.64. The van der Waals surface area contributed by atoms with Crippen LogP contribution in [0.2, 0.25) is 0 Å². The molecule has 0 amide bonds. The Bertz CT molecular complexity index is 3890. The van der Waals surface area contributed by atoms with Crippen LogP contribution in [0.15, 0.2) is 230 Å². The Morgan fingerprint density at radius 2 is 1.05 bits per heavy atom. The molecule has 0 N–H and O–H groups in total. The van der Waals surface area contributed by atoms with E-state index in [9.17, 15) is 6.85 Å². The van der Waals surface area contributed by atoms with E-state index in [-0.39, 0.29) is 41.6 Å². The number of benzene rings is 10. The fraction of sp³-hybridized carbons (Fsp3) is 0.0169. The zero-order chi connectivity index (χ0) is 45.3. The molecule has 61 heavy (non-hydrogen) atoms. The van der Waals surface area contributed by atoms with Crippen molar-refractivity contribution in [2.24, 2.45) is 0 Å². The van der Waals surface area contributed by atoms with Crippen molar-refractivity contribution in [1.82, 2.24) is 4.57 Å². The van der Waals surface area contributed by atoms with Gasteiger partial charge in [-0.05, 0) is 97.7 Å². The summed E-state index contributed by atoms with van der Waals surface area (Å²) in [5.41, 5.74) is 13.1. The molecule has 0 radical (unpaired) electrons. The van der Waals surface area contributed by atoms with Crippen LogP contribution in [0.4, 0.5) is 17.1 Å². The molecule has 2 aliphatic carbocycles. The van der Waals surface area contributed by atoms with E-state index in [1.54, 1.807) is 0 Å². The third-order valence-corrected chi connectivity index (χ3v) is 12.9. The molecule has 2 nitrogen and oxygen atoms in total. The van der Waals surface area contributed by atoms with Crippen molar-refractivity contribution in [1.29, 1.82) is 0 Å². The number of aromatic nitrogens is 1. The van der Waals surface area contributed by atoms with Crippen LogP contribution in [0.5, 0.6) is 0 Å². The van der Waals surface area contributed by atoms with Gasteiger partial charge in [-0.1, -0.05) is 188 Å². The predicted molar refractivity (Wildman–Crippen MR) is 255 cm³/mol. The van der Waals surface area contributed by atoms with Gasteiger partial charge in [0.05, 0.1) is 36.0 Å². The first-order valence-electron chi connectivity index (χ1n) is 23.7. The smallest absolute Gasteiger partial charge is 0.0726 e. The largest absolute Gasteiger partial charge is 0.309 e. The van der Waals surface area contributed by atoms with Crippen molar-refractivity contribution in [3.8, 4) is 39.1 Å². The maximum atomic E-state index is 9.91. The summed E-state index contributed by atoms with van der Waals surface area (Å²) in [4.78, 5) is 2.36. The molecular weight excluding hydrogens is 737 g/mol. The fourth-order valence-electron chi connectivity index (χ4n) is 10.6. The Balaban J connectivity index is 1.18. The SMILES string of the molecule is [2H]c1c([2H])c2c3c(c([2H])c([2H])c([2H])c3c1[2H])C1(c3ccccc3-c3c(N(c4ccc5c6ccccc6n(-c6ccccc6)c5c4)c4ccccc4-c4ccccc4)cccc31)c1ccccc1-2. The Morgan fingerprint density at radius 1 is 0.426 bits per heavy atom. The van der Waals surface area contributed by atoms with Crippen molar-refractivity contribution in [3.63, 3.8) is 0 Å². The van der Waals surface area contributed by atoms with Gasteiger partial charge < -0.3 is 9.47 Å². The number of nitrogens with zero attached hydrogens (tertiary/aromatic N) is 2. The molecule has 0 saturated carbocycles. The molecule has 10 aromatic carbocycles. The van der Waals surface area contributed by atoms with E-state index < -0.39 is 5.41 Å². The molecule has 2 aliphatic rings. The van der Waals surface area contributed by atoms with E-state index in [0.717, 1.165) is 83.5 Å². The van der Waals surface area contributed by atoms with Crippen LogP contribution in [-0.4, -0.2) is 4.57 Å². The van der Waals surface area contributed by atoms with E-state index >= 15 is 0 Å². The molecule has 1 unspecified atom stereocenters. The Morgan fingerprint density at radius 3 is 1.89 bits per heavy atom. The van der Waals surface area contributed by atoms with Gasteiger partial charge in [0.1, 0.15) is 0 Å². The van der Waals surface area contributed by atoms with Gasteiger partial charge in [0.15, 0.2) is 0 Å². The second kappa shape index (κ2) is 13.0. The van der Waals surface area contributed by atoms with E-state index in [1.807, 2.05) is 42.5 Å². The van der Waals surface area contributed by atoms with Gasteiger partial charge >= 0.3 is 0 Å². The topological polar surface area (TPSA) is 8.17 Å². The molecule has 0 bridgehead atoms. The number of para-hydroxylation sites is 3. The highest BCUT2D eigenvalue weighted by atomic mass is 15.2. The minimum atomic E-state index is -1.19. The lowest BCUT2D eigenvalue weighted by atomic mass is 9.61. The number of hydrogen-bond acceptors (Lipinski definition) is 1.